The van der Waals surface area contributed by atoms with Gasteiger partial charge in [0, 0.05) is 0 Å². The van der Waals surface area contributed by atoms with Crippen LogP contribution in [0.5, 0.6) is 0 Å². The van der Waals surface area contributed by atoms with Crippen molar-refractivity contribution in [1.29, 1.82) is 0 Å². The molecule has 152 valence electrons. The molecule has 2 unspecified atom stereocenters. The highest BCUT2D eigenvalue weighted by Gasteiger charge is 2.16. The summed E-state index contributed by atoms with van der Waals surface area (Å²) in [6.07, 6.45) is 18.3. The first kappa shape index (κ1) is 43.6. The van der Waals surface area contributed by atoms with Crippen LogP contribution in [0.4, 0.5) is 0 Å². The third-order valence-corrected chi connectivity index (χ3v) is 4.26. The van der Waals surface area contributed by atoms with E-state index in [4.69, 9.17) is 0 Å². The van der Waals surface area contributed by atoms with Crippen molar-refractivity contribution in [3.05, 3.63) is 13.2 Å². The van der Waals surface area contributed by atoms with E-state index in [0.717, 1.165) is 23.7 Å². The Hall–Kier alpha value is -0.700. The van der Waals surface area contributed by atoms with Gasteiger partial charge in [0.15, 0.2) is 0 Å². The zero-order chi connectivity index (χ0) is 15.3. The molecule has 0 amide bonds. The predicted molar refractivity (Wildman–Crippen MR) is 124 cm³/mol. The number of hydrogen-bond donors (Lipinski definition) is 0. The fourth-order valence-corrected chi connectivity index (χ4v) is 2.92. The van der Waals surface area contributed by atoms with Gasteiger partial charge < -0.3 is 0 Å². The van der Waals surface area contributed by atoms with Gasteiger partial charge in [-0.2, -0.15) is 0 Å². The van der Waals surface area contributed by atoms with Gasteiger partial charge in [-0.1, -0.05) is 103 Å². The highest BCUT2D eigenvalue weighted by atomic mass is 14.2. The Morgan fingerprint density at radius 3 is 0.792 bits per heavy atom. The smallest absolute Gasteiger partial charge is 0.0440 e. The Balaban J connectivity index is -0.0000000341. The highest BCUT2D eigenvalue weighted by Crippen LogP contribution is 2.29. The first-order chi connectivity index (χ1) is 9.08. The maximum Gasteiger partial charge on any atom is -0.0440 e. The molecule has 0 aliphatic heterocycles. The van der Waals surface area contributed by atoms with Crippen molar-refractivity contribution in [1.82, 2.24) is 0 Å². The summed E-state index contributed by atoms with van der Waals surface area (Å²) in [5, 5.41) is 0. The van der Waals surface area contributed by atoms with E-state index in [2.05, 4.69) is 53.7 Å². The lowest BCUT2D eigenvalue weighted by atomic mass is 9.84. The minimum Gasteiger partial charge on any atom is -0.124 e. The first-order valence-corrected chi connectivity index (χ1v) is 7.91. The zero-order valence-electron chi connectivity index (χ0n) is 13.8. The summed E-state index contributed by atoms with van der Waals surface area (Å²) in [5.74, 6) is 4.09. The largest absolute Gasteiger partial charge is 0.124 e. The van der Waals surface area contributed by atoms with Crippen LogP contribution in [0.25, 0.3) is 0 Å². The molecule has 2 atom stereocenters. The lowest BCUT2D eigenvalue weighted by molar-refractivity contribution is 0.308. The maximum absolute atomic E-state index is 4.00. The Bertz CT molecular complexity index is 177. The van der Waals surface area contributed by atoms with Crippen LogP contribution in [-0.2, 0) is 0 Å². The third kappa shape index (κ3) is 26.2. The van der Waals surface area contributed by atoms with Gasteiger partial charge in [-0.3, -0.25) is 0 Å². The van der Waals surface area contributed by atoms with E-state index >= 15 is 0 Å². The van der Waals surface area contributed by atoms with Gasteiger partial charge in [0.25, 0.3) is 0 Å². The number of rotatable bonds is 0. The third-order valence-electron chi connectivity index (χ3n) is 4.26. The molecule has 2 aliphatic rings. The Morgan fingerprint density at radius 1 is 0.500 bits per heavy atom. The lowest BCUT2D eigenvalue weighted by Gasteiger charge is -2.22. The second-order valence-corrected chi connectivity index (χ2v) is 6.39. The van der Waals surface area contributed by atoms with Crippen LogP contribution in [0.15, 0.2) is 13.2 Å². The van der Waals surface area contributed by atoms with Gasteiger partial charge in [0.2, 0.25) is 0 Å². The second kappa shape index (κ2) is 30.2. The van der Waals surface area contributed by atoms with Crippen LogP contribution < -0.4 is 0 Å². The van der Waals surface area contributed by atoms with E-state index in [9.17, 15) is 0 Å². The summed E-state index contributed by atoms with van der Waals surface area (Å²) in [5.41, 5.74) is 0. The highest BCUT2D eigenvalue weighted by molar-refractivity contribution is 4.68. The second-order valence-electron chi connectivity index (χ2n) is 6.39. The zero-order valence-corrected chi connectivity index (χ0v) is 13.8. The molecule has 0 nitrogen and oxygen atoms in total. The van der Waals surface area contributed by atoms with Crippen molar-refractivity contribution in [3.8, 4) is 12.8 Å². The average molecular weight is 345 g/mol. The molecule has 0 heterocycles. The van der Waals surface area contributed by atoms with Crippen LogP contribution in [0.1, 0.15) is 110 Å². The Labute approximate surface area is 159 Å². The molecule has 0 aromatic rings. The summed E-state index contributed by atoms with van der Waals surface area (Å²) in [4.78, 5) is 0. The molecule has 0 aromatic carbocycles. The van der Waals surface area contributed by atoms with E-state index in [0.29, 0.717) is 0 Å². The first-order valence-electron chi connectivity index (χ1n) is 7.91. The molecule has 0 aromatic heterocycles. The molecular weight excluding hydrogens is 288 g/mol. The normalized spacial score (nSPS) is 25.8. The fourth-order valence-electron chi connectivity index (χ4n) is 2.92. The van der Waals surface area contributed by atoms with Gasteiger partial charge in [0.1, 0.15) is 0 Å². The number of hydrogen-bond acceptors (Lipinski definition) is 0. The quantitative estimate of drug-likeness (QED) is 0.303. The van der Waals surface area contributed by atoms with Crippen molar-refractivity contribution >= 4 is 0 Å². The molecule has 2 fully saturated rings. The molecule has 2 rings (SSSR count). The van der Waals surface area contributed by atoms with E-state index in [1.165, 1.54) is 44.9 Å². The summed E-state index contributed by atoms with van der Waals surface area (Å²) in [6.45, 7) is 15.4. The molecule has 0 radical (unpaired) electrons. The maximum atomic E-state index is 4.00. The molecule has 0 spiro atoms. The van der Waals surface area contributed by atoms with E-state index in [1.807, 2.05) is 0 Å². The van der Waals surface area contributed by atoms with Crippen LogP contribution in [-0.4, -0.2) is 0 Å². The fraction of sp³-hybridized carbons (Fsp3) is 0.833. The molecule has 0 bridgehead atoms. The van der Waals surface area contributed by atoms with Crippen molar-refractivity contribution < 1.29 is 0 Å². The Morgan fingerprint density at radius 2 is 0.667 bits per heavy atom. The molecule has 24 heavy (non-hydrogen) atoms. The van der Waals surface area contributed by atoms with Crippen LogP contribution in [0.2, 0.25) is 0 Å². The monoisotopic (exact) mass is 344 g/mol. The van der Waals surface area contributed by atoms with Crippen molar-refractivity contribution in [3.63, 3.8) is 0 Å². The van der Waals surface area contributed by atoms with Crippen molar-refractivity contribution in [2.75, 3.05) is 0 Å². The Kier molecular flexibility index (Phi) is 54.9. The minimum atomic E-state index is 0. The molecule has 0 N–H and O–H groups in total. The lowest BCUT2D eigenvalue weighted by Crippen LogP contribution is -2.08. The summed E-state index contributed by atoms with van der Waals surface area (Å²) < 4.78 is 0. The summed E-state index contributed by atoms with van der Waals surface area (Å²) >= 11 is 0. The number of terminal acetylenes is 1. The molecule has 2 saturated carbocycles. The summed E-state index contributed by atoms with van der Waals surface area (Å²) in [7, 11) is 0. The average Bonchev–Trinajstić information content (AvgIpc) is 2.82. The van der Waals surface area contributed by atoms with Gasteiger partial charge in [-0.15, -0.1) is 26.0 Å². The SMILES string of the molecule is C.C.C.C.C.C#C.C=C.CC1CCC(C)C1.CC1CCC(C)CC1. The van der Waals surface area contributed by atoms with Crippen LogP contribution in [0, 0.1) is 36.5 Å². The molecule has 0 heteroatoms. The van der Waals surface area contributed by atoms with Gasteiger partial charge in [0.05, 0.1) is 0 Å². The summed E-state index contributed by atoms with van der Waals surface area (Å²) in [6, 6.07) is 0. The topological polar surface area (TPSA) is 0 Å². The molecule has 0 saturated heterocycles. The van der Waals surface area contributed by atoms with E-state index < -0.39 is 0 Å². The minimum absolute atomic E-state index is 0. The van der Waals surface area contributed by atoms with Crippen LogP contribution >= 0.6 is 0 Å². The van der Waals surface area contributed by atoms with Gasteiger partial charge in [-0.05, 0) is 30.1 Å². The molecule has 2 aliphatic carbocycles. The van der Waals surface area contributed by atoms with E-state index in [1.54, 1.807) is 0 Å². The standard InChI is InChI=1S/C8H16.C7H14.C2H4.C2H2.5CH4/c1-7-3-5-8(2)6-4-7;1-6-3-4-7(2)5-6;2*1-2;;;;;/h7-8H,3-6H2,1-2H3;6-7H,3-5H2,1-2H3;1-2H2;1-2H;5*1H4. The van der Waals surface area contributed by atoms with Gasteiger partial charge >= 0.3 is 0 Å². The van der Waals surface area contributed by atoms with Crippen molar-refractivity contribution in [2.45, 2.75) is 110 Å². The van der Waals surface area contributed by atoms with Crippen molar-refractivity contribution in [2.24, 2.45) is 23.7 Å². The van der Waals surface area contributed by atoms with E-state index in [-0.39, 0.29) is 37.1 Å². The van der Waals surface area contributed by atoms with Crippen LogP contribution in [0.3, 0.4) is 0 Å². The predicted octanol–water partition coefficient (Wildman–Crippen LogP) is 9.51. The molecular formula is C24H56. The van der Waals surface area contributed by atoms with Gasteiger partial charge in [-0.25, -0.2) is 0 Å².